The predicted molar refractivity (Wildman–Crippen MR) is 89.8 cm³/mol. The molecule has 1 saturated heterocycles. The van der Waals surface area contributed by atoms with Crippen molar-refractivity contribution < 1.29 is 4.79 Å². The zero-order valence-corrected chi connectivity index (χ0v) is 14.0. The summed E-state index contributed by atoms with van der Waals surface area (Å²) in [5.41, 5.74) is 1.09. The molecule has 22 heavy (non-hydrogen) atoms. The van der Waals surface area contributed by atoms with E-state index in [1.165, 1.54) is 18.4 Å². The second-order valence-electron chi connectivity index (χ2n) is 7.95. The number of carbonyl (C=O) groups is 1. The first kappa shape index (κ1) is 15.5. The highest BCUT2D eigenvalue weighted by Gasteiger charge is 2.37. The van der Waals surface area contributed by atoms with Gasteiger partial charge in [-0.15, -0.1) is 0 Å². The minimum Gasteiger partial charge on any atom is -0.352 e. The molecule has 1 N–H and O–H groups in total. The average molecular weight is 300 g/mol. The zero-order valence-electron chi connectivity index (χ0n) is 14.0. The maximum Gasteiger partial charge on any atom is 0.225 e. The van der Waals surface area contributed by atoms with Crippen LogP contribution in [0.3, 0.4) is 0 Å². The van der Waals surface area contributed by atoms with E-state index in [4.69, 9.17) is 0 Å². The van der Waals surface area contributed by atoms with E-state index < -0.39 is 0 Å². The van der Waals surface area contributed by atoms with Crippen molar-refractivity contribution in [2.75, 3.05) is 13.1 Å². The molecular weight excluding hydrogens is 272 g/mol. The fourth-order valence-corrected chi connectivity index (χ4v) is 3.34. The lowest BCUT2D eigenvalue weighted by Gasteiger charge is -2.39. The van der Waals surface area contributed by atoms with E-state index in [1.807, 2.05) is 20.8 Å². The fourth-order valence-electron chi connectivity index (χ4n) is 3.34. The van der Waals surface area contributed by atoms with Gasteiger partial charge in [-0.3, -0.25) is 9.69 Å². The van der Waals surface area contributed by atoms with Gasteiger partial charge < -0.3 is 5.32 Å². The quantitative estimate of drug-likeness (QED) is 0.930. The van der Waals surface area contributed by atoms with Crippen LogP contribution in [0, 0.1) is 5.41 Å². The SMILES string of the molecule is CC(C)(C)C(=O)NC1CC(c2ccccc2)CN(C2CC2)C1. The molecule has 0 radical (unpaired) electrons. The van der Waals surface area contributed by atoms with E-state index in [-0.39, 0.29) is 17.4 Å². The van der Waals surface area contributed by atoms with Crippen LogP contribution in [0.2, 0.25) is 0 Å². The monoisotopic (exact) mass is 300 g/mol. The number of nitrogens with zero attached hydrogens (tertiary/aromatic N) is 1. The Hall–Kier alpha value is -1.35. The molecule has 1 aromatic rings. The van der Waals surface area contributed by atoms with Gasteiger partial charge in [-0.1, -0.05) is 51.1 Å². The minimum absolute atomic E-state index is 0.168. The van der Waals surface area contributed by atoms with Crippen molar-refractivity contribution in [3.63, 3.8) is 0 Å². The van der Waals surface area contributed by atoms with Crippen molar-refractivity contribution in [1.82, 2.24) is 10.2 Å². The number of rotatable bonds is 3. The van der Waals surface area contributed by atoms with Gasteiger partial charge in [-0.25, -0.2) is 0 Å². The Morgan fingerprint density at radius 3 is 2.41 bits per heavy atom. The number of nitrogens with one attached hydrogen (secondary N) is 1. The van der Waals surface area contributed by atoms with Crippen LogP contribution in [0.4, 0.5) is 0 Å². The minimum atomic E-state index is -0.315. The summed E-state index contributed by atoms with van der Waals surface area (Å²) in [6.07, 6.45) is 3.69. The molecule has 1 saturated carbocycles. The summed E-state index contributed by atoms with van der Waals surface area (Å²) in [5, 5.41) is 3.29. The highest BCUT2D eigenvalue weighted by Crippen LogP contribution is 2.35. The Balaban J connectivity index is 1.71. The highest BCUT2D eigenvalue weighted by atomic mass is 16.2. The summed E-state index contributed by atoms with van der Waals surface area (Å²) in [6.45, 7) is 8.10. The third-order valence-corrected chi connectivity index (χ3v) is 4.83. The van der Waals surface area contributed by atoms with Crippen molar-refractivity contribution >= 4 is 5.91 Å². The van der Waals surface area contributed by atoms with Gasteiger partial charge in [0.1, 0.15) is 0 Å². The van der Waals surface area contributed by atoms with Crippen LogP contribution in [-0.4, -0.2) is 36.0 Å². The van der Waals surface area contributed by atoms with Crippen molar-refractivity contribution in [3.8, 4) is 0 Å². The molecule has 1 aliphatic heterocycles. The number of benzene rings is 1. The first-order chi connectivity index (χ1) is 10.4. The van der Waals surface area contributed by atoms with E-state index >= 15 is 0 Å². The summed E-state index contributed by atoms with van der Waals surface area (Å²) in [6, 6.07) is 11.8. The van der Waals surface area contributed by atoms with Crippen molar-refractivity contribution in [3.05, 3.63) is 35.9 Å². The van der Waals surface area contributed by atoms with E-state index in [9.17, 15) is 4.79 Å². The van der Waals surface area contributed by atoms with E-state index in [1.54, 1.807) is 0 Å². The van der Waals surface area contributed by atoms with Crippen LogP contribution >= 0.6 is 0 Å². The summed E-state index contributed by atoms with van der Waals surface area (Å²) in [4.78, 5) is 14.9. The topological polar surface area (TPSA) is 32.3 Å². The number of hydrogen-bond donors (Lipinski definition) is 1. The van der Waals surface area contributed by atoms with Gasteiger partial charge in [0.05, 0.1) is 0 Å². The molecule has 2 unspecified atom stereocenters. The molecule has 0 spiro atoms. The lowest BCUT2D eigenvalue weighted by atomic mass is 9.87. The Kier molecular flexibility index (Phi) is 4.26. The second-order valence-corrected chi connectivity index (χ2v) is 7.95. The second kappa shape index (κ2) is 6.04. The van der Waals surface area contributed by atoms with E-state index in [0.717, 1.165) is 25.6 Å². The maximum absolute atomic E-state index is 12.3. The van der Waals surface area contributed by atoms with Crippen molar-refractivity contribution in [1.29, 1.82) is 0 Å². The molecule has 3 heteroatoms. The number of hydrogen-bond acceptors (Lipinski definition) is 2. The largest absolute Gasteiger partial charge is 0.352 e. The van der Waals surface area contributed by atoms with Gasteiger partial charge in [0.2, 0.25) is 5.91 Å². The number of carbonyl (C=O) groups excluding carboxylic acids is 1. The summed E-state index contributed by atoms with van der Waals surface area (Å²) in [5.74, 6) is 0.697. The molecule has 1 aliphatic carbocycles. The standard InChI is InChI=1S/C19H28N2O/c1-19(2,3)18(22)20-16-11-15(14-7-5-4-6-8-14)12-21(13-16)17-9-10-17/h4-8,15-17H,9-13H2,1-3H3,(H,20,22). The summed E-state index contributed by atoms with van der Waals surface area (Å²) < 4.78 is 0. The van der Waals surface area contributed by atoms with Crippen LogP contribution in [-0.2, 0) is 4.79 Å². The molecule has 120 valence electrons. The molecule has 3 nitrogen and oxygen atoms in total. The van der Waals surface area contributed by atoms with E-state index in [0.29, 0.717) is 5.92 Å². The number of amides is 1. The molecule has 3 rings (SSSR count). The van der Waals surface area contributed by atoms with Gasteiger partial charge in [-0.05, 0) is 30.7 Å². The third-order valence-electron chi connectivity index (χ3n) is 4.83. The molecule has 0 bridgehead atoms. The third kappa shape index (κ3) is 3.70. The summed E-state index contributed by atoms with van der Waals surface area (Å²) in [7, 11) is 0. The zero-order chi connectivity index (χ0) is 15.7. The lowest BCUT2D eigenvalue weighted by molar-refractivity contribution is -0.129. The van der Waals surface area contributed by atoms with Crippen molar-refractivity contribution in [2.24, 2.45) is 5.41 Å². The highest BCUT2D eigenvalue weighted by molar-refractivity contribution is 5.81. The molecule has 1 amide bonds. The molecule has 2 atom stereocenters. The van der Waals surface area contributed by atoms with Gasteiger partial charge in [0.15, 0.2) is 0 Å². The normalized spacial score (nSPS) is 26.7. The number of likely N-dealkylation sites (tertiary alicyclic amines) is 1. The molecular formula is C19H28N2O. The molecule has 1 heterocycles. The average Bonchev–Trinajstić information content (AvgIpc) is 3.31. The maximum atomic E-state index is 12.3. The van der Waals surface area contributed by atoms with Crippen LogP contribution in [0.15, 0.2) is 30.3 Å². The van der Waals surface area contributed by atoms with Gasteiger partial charge in [0, 0.05) is 30.6 Å². The van der Waals surface area contributed by atoms with Crippen molar-refractivity contribution in [2.45, 2.75) is 58.0 Å². The van der Waals surface area contributed by atoms with Gasteiger partial charge >= 0.3 is 0 Å². The lowest BCUT2D eigenvalue weighted by Crippen LogP contribution is -2.52. The Morgan fingerprint density at radius 1 is 1.14 bits per heavy atom. The summed E-state index contributed by atoms with van der Waals surface area (Å²) >= 11 is 0. The van der Waals surface area contributed by atoms with Crippen LogP contribution in [0.1, 0.15) is 51.5 Å². The van der Waals surface area contributed by atoms with Crippen LogP contribution in [0.5, 0.6) is 0 Å². The van der Waals surface area contributed by atoms with Gasteiger partial charge in [0.25, 0.3) is 0 Å². The van der Waals surface area contributed by atoms with E-state index in [2.05, 4.69) is 40.5 Å². The Bertz CT molecular complexity index is 516. The first-order valence-corrected chi connectivity index (χ1v) is 8.53. The molecule has 0 aromatic heterocycles. The smallest absolute Gasteiger partial charge is 0.225 e. The van der Waals surface area contributed by atoms with Crippen LogP contribution < -0.4 is 5.32 Å². The Labute approximate surface area is 134 Å². The van der Waals surface area contributed by atoms with Gasteiger partial charge in [-0.2, -0.15) is 0 Å². The fraction of sp³-hybridized carbons (Fsp3) is 0.632. The molecule has 2 fully saturated rings. The molecule has 2 aliphatic rings. The predicted octanol–water partition coefficient (Wildman–Crippen LogP) is 3.17. The first-order valence-electron chi connectivity index (χ1n) is 8.53. The molecule has 1 aromatic carbocycles. The van der Waals surface area contributed by atoms with Crippen LogP contribution in [0.25, 0.3) is 0 Å². The number of piperidine rings is 1. The Morgan fingerprint density at radius 2 is 1.82 bits per heavy atom.